The molecule has 0 aliphatic heterocycles. The van der Waals surface area contributed by atoms with Gasteiger partial charge in [-0.25, -0.2) is 0 Å². The molecule has 0 bridgehead atoms. The minimum atomic E-state index is -0.366. The van der Waals surface area contributed by atoms with Crippen molar-refractivity contribution in [3.63, 3.8) is 0 Å². The second-order valence-corrected chi connectivity index (χ2v) is 3.02. The van der Waals surface area contributed by atoms with E-state index in [1.807, 2.05) is 17.9 Å². The molecule has 10 heavy (non-hydrogen) atoms. The summed E-state index contributed by atoms with van der Waals surface area (Å²) in [5, 5.41) is 9.44. The van der Waals surface area contributed by atoms with Crippen LogP contribution in [0.3, 0.4) is 0 Å². The molecule has 0 aromatic rings. The molecule has 0 fully saturated rings. The fraction of sp³-hybridized carbons (Fsp3) is 0.500. The van der Waals surface area contributed by atoms with Gasteiger partial charge in [0.25, 0.3) is 0 Å². The molecule has 2 heteroatoms. The highest BCUT2D eigenvalue weighted by atomic mass is 127. The fourth-order valence-electron chi connectivity index (χ4n) is 0.608. The van der Waals surface area contributed by atoms with Gasteiger partial charge in [-0.1, -0.05) is 35.6 Å². The fourth-order valence-corrected chi connectivity index (χ4v) is 0.977. The molecule has 0 aromatic carbocycles. The number of aliphatic hydroxyl groups excluding tert-OH is 1. The first-order chi connectivity index (χ1) is 4.63. The average molecular weight is 252 g/mol. The van der Waals surface area contributed by atoms with Crippen LogP contribution in [-0.4, -0.2) is 11.2 Å². The van der Waals surface area contributed by atoms with Crippen molar-refractivity contribution in [2.24, 2.45) is 5.92 Å². The summed E-state index contributed by atoms with van der Waals surface area (Å²) in [6, 6.07) is 0. The van der Waals surface area contributed by atoms with E-state index >= 15 is 0 Å². The Hall–Kier alpha value is 0.170. The molecule has 0 radical (unpaired) electrons. The second kappa shape index (κ2) is 4.91. The molecule has 0 rings (SSSR count). The molecule has 0 aromatic heterocycles. The van der Waals surface area contributed by atoms with Crippen molar-refractivity contribution in [1.82, 2.24) is 0 Å². The van der Waals surface area contributed by atoms with Gasteiger partial charge in [0, 0.05) is 5.92 Å². The van der Waals surface area contributed by atoms with E-state index in [1.165, 1.54) is 0 Å². The quantitative estimate of drug-likeness (QED) is 0.604. The molecule has 0 saturated carbocycles. The average Bonchev–Trinajstić information content (AvgIpc) is 2.00. The topological polar surface area (TPSA) is 20.2 Å². The van der Waals surface area contributed by atoms with E-state index in [1.54, 1.807) is 6.08 Å². The summed E-state index contributed by atoms with van der Waals surface area (Å²) >= 11 is 2.12. The Morgan fingerprint density at radius 2 is 2.20 bits per heavy atom. The van der Waals surface area contributed by atoms with E-state index in [2.05, 4.69) is 29.2 Å². The number of rotatable bonds is 3. The zero-order valence-corrected chi connectivity index (χ0v) is 8.50. The maximum absolute atomic E-state index is 9.44. The van der Waals surface area contributed by atoms with Gasteiger partial charge in [0.15, 0.2) is 0 Å². The van der Waals surface area contributed by atoms with Crippen LogP contribution < -0.4 is 0 Å². The maximum atomic E-state index is 9.44. The van der Waals surface area contributed by atoms with E-state index < -0.39 is 0 Å². The molecule has 0 saturated heterocycles. The monoisotopic (exact) mass is 252 g/mol. The van der Waals surface area contributed by atoms with Crippen LogP contribution >= 0.6 is 22.6 Å². The van der Waals surface area contributed by atoms with Gasteiger partial charge < -0.3 is 5.11 Å². The molecule has 1 N–H and O–H groups in total. The third-order valence-electron chi connectivity index (χ3n) is 1.51. The lowest BCUT2D eigenvalue weighted by Crippen LogP contribution is -2.16. The van der Waals surface area contributed by atoms with Crippen LogP contribution in [0.5, 0.6) is 0 Å². The predicted molar refractivity (Wildman–Crippen MR) is 53.1 cm³/mol. The van der Waals surface area contributed by atoms with Crippen molar-refractivity contribution in [2.75, 3.05) is 0 Å². The van der Waals surface area contributed by atoms with Gasteiger partial charge >= 0.3 is 0 Å². The van der Waals surface area contributed by atoms with Gasteiger partial charge in [-0.3, -0.25) is 0 Å². The van der Waals surface area contributed by atoms with Gasteiger partial charge in [0.1, 0.15) is 0 Å². The molecule has 2 unspecified atom stereocenters. The van der Waals surface area contributed by atoms with Crippen molar-refractivity contribution < 1.29 is 5.11 Å². The van der Waals surface area contributed by atoms with Crippen molar-refractivity contribution >= 4 is 22.6 Å². The highest BCUT2D eigenvalue weighted by molar-refractivity contribution is 14.1. The summed E-state index contributed by atoms with van der Waals surface area (Å²) in [5.74, 6) is 0.144. The van der Waals surface area contributed by atoms with Crippen molar-refractivity contribution in [3.8, 4) is 0 Å². The lowest BCUT2D eigenvalue weighted by Gasteiger charge is -2.14. The minimum absolute atomic E-state index is 0.144. The molecule has 0 amide bonds. The zero-order chi connectivity index (χ0) is 8.15. The Kier molecular flexibility index (Phi) is 4.99. The highest BCUT2D eigenvalue weighted by Crippen LogP contribution is 2.13. The number of hydrogen-bond acceptors (Lipinski definition) is 1. The van der Waals surface area contributed by atoms with Gasteiger partial charge in [0.05, 0.1) is 6.10 Å². The first kappa shape index (κ1) is 10.2. The van der Waals surface area contributed by atoms with Crippen molar-refractivity contribution in [3.05, 3.63) is 22.3 Å². The molecule has 0 spiro atoms. The lowest BCUT2D eigenvalue weighted by molar-refractivity contribution is 0.174. The smallest absolute Gasteiger partial charge is 0.0814 e. The molecule has 0 aliphatic rings. The largest absolute Gasteiger partial charge is 0.388 e. The van der Waals surface area contributed by atoms with Gasteiger partial charge in [-0.15, -0.1) is 6.58 Å². The Morgan fingerprint density at radius 3 is 2.50 bits per heavy atom. The van der Waals surface area contributed by atoms with E-state index in [4.69, 9.17) is 0 Å². The third-order valence-corrected chi connectivity index (χ3v) is 2.49. The predicted octanol–water partition coefficient (Wildman–Crippen LogP) is 2.51. The van der Waals surface area contributed by atoms with Crippen molar-refractivity contribution in [2.45, 2.75) is 20.0 Å². The summed E-state index contributed by atoms with van der Waals surface area (Å²) in [4.78, 5) is 0. The molecule has 0 heterocycles. The standard InChI is InChI=1S/C8H13IO/c1-4-6(2)8(10)7(3)5-9/h4-6,8,10H,1H2,2-3H3. The van der Waals surface area contributed by atoms with Crippen molar-refractivity contribution in [1.29, 1.82) is 0 Å². The maximum Gasteiger partial charge on any atom is 0.0814 e. The molecule has 58 valence electrons. The number of halogens is 1. The normalized spacial score (nSPS) is 18.2. The van der Waals surface area contributed by atoms with Crippen LogP contribution in [0.25, 0.3) is 0 Å². The number of hydrogen-bond donors (Lipinski definition) is 1. The Balaban J connectivity index is 4.06. The van der Waals surface area contributed by atoms with Crippen LogP contribution in [0, 0.1) is 5.92 Å². The van der Waals surface area contributed by atoms with Gasteiger partial charge in [0.2, 0.25) is 0 Å². The first-order valence-corrected chi connectivity index (χ1v) is 4.45. The molecule has 2 atom stereocenters. The Bertz CT molecular complexity index is 140. The summed E-state index contributed by atoms with van der Waals surface area (Å²) < 4.78 is 1.89. The summed E-state index contributed by atoms with van der Waals surface area (Å²) in [6.45, 7) is 7.47. The highest BCUT2D eigenvalue weighted by Gasteiger charge is 2.11. The third kappa shape index (κ3) is 2.84. The van der Waals surface area contributed by atoms with Crippen LogP contribution in [0.2, 0.25) is 0 Å². The summed E-state index contributed by atoms with van der Waals surface area (Å²) in [5.41, 5.74) is 0.994. The van der Waals surface area contributed by atoms with Gasteiger partial charge in [-0.05, 0) is 16.6 Å². The number of aliphatic hydroxyl groups is 1. The van der Waals surface area contributed by atoms with E-state index in [0.717, 1.165) is 5.57 Å². The first-order valence-electron chi connectivity index (χ1n) is 3.21. The van der Waals surface area contributed by atoms with Crippen LogP contribution in [0.15, 0.2) is 22.3 Å². The van der Waals surface area contributed by atoms with Crippen LogP contribution in [-0.2, 0) is 0 Å². The lowest BCUT2D eigenvalue weighted by atomic mass is 10.0. The van der Waals surface area contributed by atoms with E-state index in [-0.39, 0.29) is 12.0 Å². The van der Waals surface area contributed by atoms with Crippen LogP contribution in [0.4, 0.5) is 0 Å². The zero-order valence-electron chi connectivity index (χ0n) is 6.34. The molecular formula is C8H13IO. The second-order valence-electron chi connectivity index (χ2n) is 2.39. The Morgan fingerprint density at radius 1 is 1.70 bits per heavy atom. The molecular weight excluding hydrogens is 239 g/mol. The minimum Gasteiger partial charge on any atom is -0.388 e. The molecule has 0 aliphatic carbocycles. The van der Waals surface area contributed by atoms with E-state index in [9.17, 15) is 5.11 Å². The Labute approximate surface area is 76.0 Å². The summed E-state index contributed by atoms with van der Waals surface area (Å²) in [7, 11) is 0. The van der Waals surface area contributed by atoms with Gasteiger partial charge in [-0.2, -0.15) is 0 Å². The SMILES string of the molecule is C=CC(C)C(O)C(C)=CI. The molecule has 1 nitrogen and oxygen atoms in total. The van der Waals surface area contributed by atoms with E-state index in [0.29, 0.717) is 0 Å². The van der Waals surface area contributed by atoms with Crippen LogP contribution in [0.1, 0.15) is 13.8 Å². The summed E-state index contributed by atoms with van der Waals surface area (Å²) in [6.07, 6.45) is 1.39.